The molecule has 0 aromatic rings. The van der Waals surface area contributed by atoms with E-state index in [1.807, 2.05) is 13.8 Å². The SMILES string of the molecule is COC(C)(C)C(O)CN1CCC(C)(C)CCC1=O. The monoisotopic (exact) mass is 257 g/mol. The van der Waals surface area contributed by atoms with Gasteiger partial charge < -0.3 is 14.7 Å². The van der Waals surface area contributed by atoms with Crippen molar-refractivity contribution in [3.05, 3.63) is 0 Å². The summed E-state index contributed by atoms with van der Waals surface area (Å²) in [5, 5.41) is 10.2. The Morgan fingerprint density at radius 1 is 1.44 bits per heavy atom. The molecule has 18 heavy (non-hydrogen) atoms. The van der Waals surface area contributed by atoms with Crippen molar-refractivity contribution in [2.75, 3.05) is 20.2 Å². The van der Waals surface area contributed by atoms with Gasteiger partial charge in [-0.15, -0.1) is 0 Å². The predicted molar refractivity (Wildman–Crippen MR) is 71.3 cm³/mol. The smallest absolute Gasteiger partial charge is 0.222 e. The number of hydrogen-bond donors (Lipinski definition) is 1. The van der Waals surface area contributed by atoms with Crippen molar-refractivity contribution in [3.63, 3.8) is 0 Å². The van der Waals surface area contributed by atoms with Crippen LogP contribution in [0.4, 0.5) is 0 Å². The van der Waals surface area contributed by atoms with Crippen LogP contribution in [0.1, 0.15) is 47.0 Å². The number of likely N-dealkylation sites (tertiary alicyclic amines) is 1. The second kappa shape index (κ2) is 5.57. The summed E-state index contributed by atoms with van der Waals surface area (Å²) >= 11 is 0. The van der Waals surface area contributed by atoms with Gasteiger partial charge >= 0.3 is 0 Å². The van der Waals surface area contributed by atoms with Crippen LogP contribution in [-0.4, -0.2) is 47.8 Å². The summed E-state index contributed by atoms with van der Waals surface area (Å²) in [5.74, 6) is 0.145. The van der Waals surface area contributed by atoms with E-state index in [1.54, 1.807) is 12.0 Å². The normalized spacial score (nSPS) is 22.8. The minimum atomic E-state index is -0.660. The quantitative estimate of drug-likeness (QED) is 0.835. The minimum Gasteiger partial charge on any atom is -0.388 e. The lowest BCUT2D eigenvalue weighted by Gasteiger charge is -2.33. The number of amides is 1. The van der Waals surface area contributed by atoms with Crippen molar-refractivity contribution in [2.24, 2.45) is 5.41 Å². The Labute approximate surface area is 110 Å². The van der Waals surface area contributed by atoms with Crippen molar-refractivity contribution in [3.8, 4) is 0 Å². The number of aliphatic hydroxyl groups is 1. The third-order valence-corrected chi connectivity index (χ3v) is 4.15. The molecule has 1 heterocycles. The van der Waals surface area contributed by atoms with Gasteiger partial charge in [-0.1, -0.05) is 13.8 Å². The first-order chi connectivity index (χ1) is 8.18. The maximum Gasteiger partial charge on any atom is 0.222 e. The Hall–Kier alpha value is -0.610. The molecule has 0 aliphatic carbocycles. The molecule has 106 valence electrons. The first kappa shape index (κ1) is 15.4. The van der Waals surface area contributed by atoms with Crippen molar-refractivity contribution in [2.45, 2.75) is 58.7 Å². The Balaban J connectivity index is 2.64. The molecule has 0 saturated carbocycles. The highest BCUT2D eigenvalue weighted by atomic mass is 16.5. The lowest BCUT2D eigenvalue weighted by Crippen LogP contribution is -2.47. The van der Waals surface area contributed by atoms with E-state index in [-0.39, 0.29) is 11.3 Å². The molecule has 1 saturated heterocycles. The van der Waals surface area contributed by atoms with Crippen LogP contribution in [0.5, 0.6) is 0 Å². The van der Waals surface area contributed by atoms with Crippen LogP contribution < -0.4 is 0 Å². The van der Waals surface area contributed by atoms with Crippen LogP contribution in [-0.2, 0) is 9.53 Å². The fourth-order valence-electron chi connectivity index (χ4n) is 2.05. The summed E-state index contributed by atoms with van der Waals surface area (Å²) in [5.41, 5.74) is -0.408. The van der Waals surface area contributed by atoms with Gasteiger partial charge in [-0.3, -0.25) is 4.79 Å². The van der Waals surface area contributed by atoms with Gasteiger partial charge in [0.15, 0.2) is 0 Å². The van der Waals surface area contributed by atoms with Gasteiger partial charge in [0.05, 0.1) is 11.7 Å². The molecule has 0 aromatic heterocycles. The fourth-order valence-corrected chi connectivity index (χ4v) is 2.05. The molecule has 1 fully saturated rings. The molecular formula is C14H27NO3. The molecule has 0 bridgehead atoms. The Morgan fingerprint density at radius 3 is 2.61 bits per heavy atom. The number of β-amino-alcohol motifs (C(OH)–C–C–N with tert-alkyl or cyclic N) is 1. The number of aliphatic hydroxyl groups excluding tert-OH is 1. The molecule has 1 aliphatic rings. The van der Waals surface area contributed by atoms with E-state index in [0.717, 1.165) is 19.4 Å². The average Bonchev–Trinajstić information content (AvgIpc) is 2.42. The molecule has 1 unspecified atom stereocenters. The van der Waals surface area contributed by atoms with E-state index in [9.17, 15) is 9.90 Å². The van der Waals surface area contributed by atoms with E-state index in [1.165, 1.54) is 0 Å². The largest absolute Gasteiger partial charge is 0.388 e. The van der Waals surface area contributed by atoms with Crippen molar-refractivity contribution < 1.29 is 14.6 Å². The maximum absolute atomic E-state index is 12.0. The topological polar surface area (TPSA) is 49.8 Å². The van der Waals surface area contributed by atoms with Crippen LogP contribution in [0, 0.1) is 5.41 Å². The van der Waals surface area contributed by atoms with Crippen LogP contribution in [0.2, 0.25) is 0 Å². The number of ether oxygens (including phenoxy) is 1. The average molecular weight is 257 g/mol. The molecule has 0 radical (unpaired) electrons. The van der Waals surface area contributed by atoms with Gasteiger partial charge in [-0.05, 0) is 32.1 Å². The van der Waals surface area contributed by atoms with Crippen molar-refractivity contribution in [1.82, 2.24) is 4.90 Å². The molecule has 4 nitrogen and oxygen atoms in total. The third-order valence-electron chi connectivity index (χ3n) is 4.15. The van der Waals surface area contributed by atoms with Gasteiger partial charge in [0.25, 0.3) is 0 Å². The number of hydrogen-bond acceptors (Lipinski definition) is 3. The van der Waals surface area contributed by atoms with Gasteiger partial charge in [-0.2, -0.15) is 0 Å². The highest BCUT2D eigenvalue weighted by Gasteiger charge is 2.33. The highest BCUT2D eigenvalue weighted by molar-refractivity contribution is 5.76. The van der Waals surface area contributed by atoms with Crippen LogP contribution in [0.15, 0.2) is 0 Å². The summed E-state index contributed by atoms with van der Waals surface area (Å²) in [6.07, 6.45) is 1.82. The van der Waals surface area contributed by atoms with Crippen LogP contribution >= 0.6 is 0 Å². The first-order valence-corrected chi connectivity index (χ1v) is 6.69. The fraction of sp³-hybridized carbons (Fsp3) is 0.929. The number of methoxy groups -OCH3 is 1. The molecule has 0 spiro atoms. The van der Waals surface area contributed by atoms with E-state index in [4.69, 9.17) is 4.74 Å². The van der Waals surface area contributed by atoms with E-state index in [2.05, 4.69) is 13.8 Å². The molecule has 1 N–H and O–H groups in total. The Bertz CT molecular complexity index is 299. The zero-order valence-corrected chi connectivity index (χ0v) is 12.3. The van der Waals surface area contributed by atoms with E-state index < -0.39 is 11.7 Å². The zero-order valence-electron chi connectivity index (χ0n) is 12.3. The third kappa shape index (κ3) is 3.95. The summed E-state index contributed by atoms with van der Waals surface area (Å²) < 4.78 is 5.26. The Kier molecular flexibility index (Phi) is 4.78. The summed E-state index contributed by atoms with van der Waals surface area (Å²) in [6, 6.07) is 0. The second-order valence-electron chi connectivity index (χ2n) is 6.58. The molecular weight excluding hydrogens is 230 g/mol. The molecule has 1 amide bonds. The summed E-state index contributed by atoms with van der Waals surface area (Å²) in [7, 11) is 1.58. The number of nitrogens with zero attached hydrogens (tertiary/aromatic N) is 1. The lowest BCUT2D eigenvalue weighted by molar-refractivity contribution is -0.136. The lowest BCUT2D eigenvalue weighted by atomic mass is 9.85. The van der Waals surface area contributed by atoms with Crippen molar-refractivity contribution >= 4 is 5.91 Å². The first-order valence-electron chi connectivity index (χ1n) is 6.69. The van der Waals surface area contributed by atoms with Gasteiger partial charge in [0.2, 0.25) is 5.91 Å². The molecule has 1 atom stereocenters. The number of carbonyl (C=O) groups excluding carboxylic acids is 1. The second-order valence-corrected chi connectivity index (χ2v) is 6.58. The van der Waals surface area contributed by atoms with Crippen LogP contribution in [0.3, 0.4) is 0 Å². The van der Waals surface area contributed by atoms with Gasteiger partial charge in [-0.25, -0.2) is 0 Å². The van der Waals surface area contributed by atoms with Crippen molar-refractivity contribution in [1.29, 1.82) is 0 Å². The molecule has 1 aliphatic heterocycles. The molecule has 4 heteroatoms. The summed E-state index contributed by atoms with van der Waals surface area (Å²) in [6.45, 7) is 9.14. The predicted octanol–water partition coefficient (Wildman–Crippen LogP) is 1.81. The molecule has 1 rings (SSSR count). The van der Waals surface area contributed by atoms with E-state index >= 15 is 0 Å². The number of rotatable bonds is 4. The van der Waals surface area contributed by atoms with Gasteiger partial charge in [0.1, 0.15) is 0 Å². The Morgan fingerprint density at radius 2 is 2.06 bits per heavy atom. The maximum atomic E-state index is 12.0. The van der Waals surface area contributed by atoms with E-state index in [0.29, 0.717) is 13.0 Å². The highest BCUT2D eigenvalue weighted by Crippen LogP contribution is 2.30. The summed E-state index contributed by atoms with van der Waals surface area (Å²) in [4.78, 5) is 13.8. The molecule has 0 aromatic carbocycles. The minimum absolute atomic E-state index is 0.145. The van der Waals surface area contributed by atoms with Crippen LogP contribution in [0.25, 0.3) is 0 Å². The van der Waals surface area contributed by atoms with Gasteiger partial charge in [0, 0.05) is 26.6 Å². The number of carbonyl (C=O) groups is 1. The zero-order chi connectivity index (χ0) is 14.0. The standard InChI is InChI=1S/C14H27NO3/c1-13(2)7-6-12(17)15(9-8-13)10-11(16)14(3,4)18-5/h11,16H,6-10H2,1-5H3.